The standard InChI is InChI=1S/C39H52BNO10/c1-36(2,3)48-34(44)32-28(46-27-21-41(22-27)31(43)18-23-10-13-26(42)14-11-23)15-12-24(33(32)47-35(45)49-37(4,5)6)16-17-40-50-30-20-25-19-29(38(25,7)8)39(30,9)51-40/h10-15,25,27,29-30,42H,16-22H2,1-9H3/t25-,29-,30+,39-/m0/s1. The molecule has 2 aromatic carbocycles. The third kappa shape index (κ3) is 7.87. The van der Waals surface area contributed by atoms with Crippen molar-refractivity contribution in [3.8, 4) is 17.2 Å². The average molecular weight is 706 g/mol. The highest BCUT2D eigenvalue weighted by Gasteiger charge is 2.67. The van der Waals surface area contributed by atoms with Crippen molar-refractivity contribution in [2.45, 2.75) is 123 Å². The van der Waals surface area contributed by atoms with Gasteiger partial charge in [-0.15, -0.1) is 0 Å². The van der Waals surface area contributed by atoms with E-state index in [1.54, 1.807) is 82.8 Å². The second-order valence-corrected chi connectivity index (χ2v) is 17.3. The van der Waals surface area contributed by atoms with Gasteiger partial charge in [-0.1, -0.05) is 32.0 Å². The van der Waals surface area contributed by atoms with Crippen molar-refractivity contribution in [1.82, 2.24) is 4.90 Å². The molecule has 5 aliphatic rings. The summed E-state index contributed by atoms with van der Waals surface area (Å²) >= 11 is 0. The van der Waals surface area contributed by atoms with Gasteiger partial charge in [0.25, 0.3) is 0 Å². The fourth-order valence-electron chi connectivity index (χ4n) is 8.04. The summed E-state index contributed by atoms with van der Waals surface area (Å²) in [5.41, 5.74) is -0.508. The van der Waals surface area contributed by atoms with Gasteiger partial charge >= 0.3 is 19.2 Å². The Balaban J connectivity index is 1.23. The summed E-state index contributed by atoms with van der Waals surface area (Å²) in [4.78, 5) is 41.7. The van der Waals surface area contributed by atoms with Crippen molar-refractivity contribution >= 4 is 25.2 Å². The predicted molar refractivity (Wildman–Crippen MR) is 190 cm³/mol. The molecule has 1 N–H and O–H groups in total. The molecule has 2 aromatic rings. The van der Waals surface area contributed by atoms with Crippen molar-refractivity contribution in [3.63, 3.8) is 0 Å². The highest BCUT2D eigenvalue weighted by molar-refractivity contribution is 6.45. The van der Waals surface area contributed by atoms with E-state index in [2.05, 4.69) is 20.8 Å². The predicted octanol–water partition coefficient (Wildman–Crippen LogP) is 6.76. The van der Waals surface area contributed by atoms with Gasteiger partial charge in [-0.25, -0.2) is 9.59 Å². The van der Waals surface area contributed by atoms with Crippen molar-refractivity contribution in [3.05, 3.63) is 53.1 Å². The zero-order chi connectivity index (χ0) is 37.1. The minimum atomic E-state index is -0.964. The second-order valence-electron chi connectivity index (χ2n) is 17.3. The van der Waals surface area contributed by atoms with E-state index in [0.29, 0.717) is 43.2 Å². The van der Waals surface area contributed by atoms with Crippen LogP contribution in [0.5, 0.6) is 17.2 Å². The first-order valence-electron chi connectivity index (χ1n) is 18.1. The minimum Gasteiger partial charge on any atom is -0.508 e. The molecule has 11 nitrogen and oxygen atoms in total. The smallest absolute Gasteiger partial charge is 0.508 e. The Labute approximate surface area is 301 Å². The molecular weight excluding hydrogens is 653 g/mol. The third-order valence-electron chi connectivity index (χ3n) is 10.8. The Morgan fingerprint density at radius 2 is 1.61 bits per heavy atom. The lowest BCUT2D eigenvalue weighted by Crippen LogP contribution is -2.65. The van der Waals surface area contributed by atoms with E-state index in [4.69, 9.17) is 28.3 Å². The molecule has 3 aliphatic carbocycles. The summed E-state index contributed by atoms with van der Waals surface area (Å²) in [6, 6.07) is 9.98. The molecule has 0 aromatic heterocycles. The van der Waals surface area contributed by atoms with Crippen molar-refractivity contribution in [1.29, 1.82) is 0 Å². The number of phenolic OH excluding ortho intramolecular Hbond substituents is 1. The zero-order valence-electron chi connectivity index (χ0n) is 31.4. The van der Waals surface area contributed by atoms with Crippen molar-refractivity contribution < 1.29 is 47.7 Å². The van der Waals surface area contributed by atoms with Gasteiger partial charge < -0.3 is 38.3 Å². The van der Waals surface area contributed by atoms with Gasteiger partial charge in [-0.3, -0.25) is 4.79 Å². The van der Waals surface area contributed by atoms with E-state index in [1.165, 1.54) is 0 Å². The number of aromatic hydroxyl groups is 1. The Hall–Kier alpha value is -3.77. The van der Waals surface area contributed by atoms with E-state index >= 15 is 0 Å². The summed E-state index contributed by atoms with van der Waals surface area (Å²) in [5.74, 6) is 0.565. The highest BCUT2D eigenvalue weighted by atomic mass is 16.7. The number of esters is 1. The molecule has 2 bridgehead atoms. The lowest BCUT2D eigenvalue weighted by molar-refractivity contribution is -0.199. The number of carbonyl (C=O) groups is 3. The number of rotatable bonds is 9. The molecule has 1 amide bonds. The molecular formula is C39H52BNO10. The first-order valence-corrected chi connectivity index (χ1v) is 18.1. The normalized spacial score (nSPS) is 25.3. The Kier molecular flexibility index (Phi) is 9.67. The zero-order valence-corrected chi connectivity index (χ0v) is 31.4. The van der Waals surface area contributed by atoms with Crippen LogP contribution in [-0.2, 0) is 36.4 Å². The number of hydrogen-bond donors (Lipinski definition) is 1. The number of phenols is 1. The maximum atomic E-state index is 13.9. The van der Waals surface area contributed by atoms with Crippen LogP contribution in [0.25, 0.3) is 0 Å². The van der Waals surface area contributed by atoms with Crippen LogP contribution in [0.3, 0.4) is 0 Å². The van der Waals surface area contributed by atoms with Gasteiger partial charge in [0.05, 0.1) is 31.2 Å². The molecule has 0 spiro atoms. The quantitative estimate of drug-likeness (QED) is 0.170. The molecule has 7 rings (SSSR count). The van der Waals surface area contributed by atoms with Crippen LogP contribution in [-0.4, -0.2) is 77.3 Å². The molecule has 51 heavy (non-hydrogen) atoms. The van der Waals surface area contributed by atoms with Crippen molar-refractivity contribution in [2.75, 3.05) is 13.1 Å². The molecule has 3 saturated carbocycles. The maximum Gasteiger partial charge on any atom is 0.514 e. The van der Waals surface area contributed by atoms with Gasteiger partial charge in [0.2, 0.25) is 5.91 Å². The van der Waals surface area contributed by atoms with E-state index < -0.39 is 36.5 Å². The Morgan fingerprint density at radius 1 is 0.941 bits per heavy atom. The monoisotopic (exact) mass is 705 g/mol. The van der Waals surface area contributed by atoms with E-state index in [0.717, 1.165) is 18.4 Å². The average Bonchev–Trinajstić information content (AvgIpc) is 3.33. The number of likely N-dealkylation sites (tertiary alicyclic amines) is 1. The topological polar surface area (TPSA) is 130 Å². The number of nitrogens with zero attached hydrogens (tertiary/aromatic N) is 1. The lowest BCUT2D eigenvalue weighted by Gasteiger charge is -2.64. The van der Waals surface area contributed by atoms with E-state index in [9.17, 15) is 19.5 Å². The van der Waals surface area contributed by atoms with Crippen LogP contribution in [0.4, 0.5) is 4.79 Å². The van der Waals surface area contributed by atoms with Crippen LogP contribution in [0.15, 0.2) is 36.4 Å². The number of amides is 1. The van der Waals surface area contributed by atoms with Crippen molar-refractivity contribution in [2.24, 2.45) is 17.3 Å². The van der Waals surface area contributed by atoms with Gasteiger partial charge in [-0.05, 0) is 121 Å². The van der Waals surface area contributed by atoms with Crippen LogP contribution < -0.4 is 9.47 Å². The van der Waals surface area contributed by atoms with E-state index in [-0.39, 0.29) is 52.3 Å². The summed E-state index contributed by atoms with van der Waals surface area (Å²) in [5, 5.41) is 9.55. The molecule has 5 fully saturated rings. The lowest BCUT2D eigenvalue weighted by atomic mass is 9.43. The van der Waals surface area contributed by atoms with Gasteiger partial charge in [-0.2, -0.15) is 0 Å². The molecule has 2 aliphatic heterocycles. The first-order chi connectivity index (χ1) is 23.7. The van der Waals surface area contributed by atoms with Crippen LogP contribution >= 0.6 is 0 Å². The van der Waals surface area contributed by atoms with Crippen LogP contribution in [0.1, 0.15) is 96.6 Å². The second kappa shape index (κ2) is 13.3. The number of hydrogen-bond acceptors (Lipinski definition) is 10. The third-order valence-corrected chi connectivity index (χ3v) is 10.8. The fourth-order valence-corrected chi connectivity index (χ4v) is 8.04. The van der Waals surface area contributed by atoms with Crippen LogP contribution in [0, 0.1) is 17.3 Å². The summed E-state index contributed by atoms with van der Waals surface area (Å²) in [6.07, 6.45) is 1.82. The largest absolute Gasteiger partial charge is 0.514 e. The number of ether oxygens (including phenoxy) is 4. The Bertz CT molecular complexity index is 1660. The minimum absolute atomic E-state index is 0.000557. The molecule has 0 unspecified atom stereocenters. The summed E-state index contributed by atoms with van der Waals surface area (Å²) in [7, 11) is -0.453. The summed E-state index contributed by atoms with van der Waals surface area (Å²) in [6.45, 7) is 17.9. The number of aryl methyl sites for hydroxylation is 1. The first kappa shape index (κ1) is 37.0. The van der Waals surface area contributed by atoms with Gasteiger partial charge in [0.15, 0.2) is 5.75 Å². The SMILES string of the molecule is CC(C)(C)OC(=O)Oc1c(CCB2O[C@@H]3C[C@@H]4C[C@@H](C4(C)C)[C@]3(C)O2)ccc(OC2CN(C(=O)Cc3ccc(O)cc3)C2)c1C(=O)OC(C)(C)C. The van der Waals surface area contributed by atoms with E-state index in [1.807, 2.05) is 0 Å². The Morgan fingerprint density at radius 3 is 2.24 bits per heavy atom. The molecule has 4 atom stereocenters. The number of benzene rings is 2. The van der Waals surface area contributed by atoms with Gasteiger partial charge in [0.1, 0.15) is 34.4 Å². The highest BCUT2D eigenvalue weighted by Crippen LogP contribution is 2.65. The molecule has 12 heteroatoms. The maximum absolute atomic E-state index is 13.9. The number of carbonyl (C=O) groups excluding carboxylic acids is 3. The molecule has 2 saturated heterocycles. The summed E-state index contributed by atoms with van der Waals surface area (Å²) < 4.78 is 36.6. The molecule has 276 valence electrons. The van der Waals surface area contributed by atoms with Gasteiger partial charge in [0, 0.05) is 0 Å². The van der Waals surface area contributed by atoms with Crippen LogP contribution in [0.2, 0.25) is 6.32 Å². The fraction of sp³-hybridized carbons (Fsp3) is 0.615. The molecule has 0 radical (unpaired) electrons. The molecule has 2 heterocycles.